The molecule has 26 heavy (non-hydrogen) atoms. The van der Waals surface area contributed by atoms with Crippen molar-refractivity contribution in [1.82, 2.24) is 19.6 Å². The number of carbonyl (C=O) groups is 1. The Kier molecular flexibility index (Phi) is 5.10. The molecule has 0 bridgehead atoms. The van der Waals surface area contributed by atoms with E-state index in [2.05, 4.69) is 15.3 Å². The molecule has 0 radical (unpaired) electrons. The van der Waals surface area contributed by atoms with Crippen LogP contribution in [0.15, 0.2) is 29.3 Å². The minimum Gasteiger partial charge on any atom is -0.349 e. The first-order valence-corrected chi connectivity index (χ1v) is 10.4. The second kappa shape index (κ2) is 7.16. The van der Waals surface area contributed by atoms with E-state index in [4.69, 9.17) is 0 Å². The zero-order valence-corrected chi connectivity index (χ0v) is 15.5. The van der Waals surface area contributed by atoms with Crippen LogP contribution >= 0.6 is 0 Å². The van der Waals surface area contributed by atoms with Crippen molar-refractivity contribution in [2.24, 2.45) is 5.92 Å². The summed E-state index contributed by atoms with van der Waals surface area (Å²) < 4.78 is 25.0. The van der Waals surface area contributed by atoms with Gasteiger partial charge >= 0.3 is 0 Å². The molecular weight excluding hydrogens is 356 g/mol. The van der Waals surface area contributed by atoms with E-state index in [0.717, 1.165) is 6.42 Å². The Bertz CT molecular complexity index is 986. The molecule has 0 aromatic carbocycles. The normalized spacial score (nSPS) is 21.6. The van der Waals surface area contributed by atoms with Crippen molar-refractivity contribution in [3.05, 3.63) is 40.4 Å². The zero-order valence-electron chi connectivity index (χ0n) is 14.7. The minimum absolute atomic E-state index is 0.0543. The summed E-state index contributed by atoms with van der Waals surface area (Å²) >= 11 is 0. The molecule has 2 N–H and O–H groups in total. The fourth-order valence-corrected chi connectivity index (χ4v) is 4.25. The molecule has 1 saturated heterocycles. The van der Waals surface area contributed by atoms with E-state index < -0.39 is 10.0 Å². The Balaban J connectivity index is 1.76. The Morgan fingerprint density at radius 1 is 1.46 bits per heavy atom. The highest BCUT2D eigenvalue weighted by atomic mass is 32.2. The van der Waals surface area contributed by atoms with Crippen molar-refractivity contribution in [1.29, 1.82) is 0 Å². The molecule has 2 unspecified atom stereocenters. The third kappa shape index (κ3) is 3.78. The number of H-pyrrole nitrogens is 1. The molecule has 0 spiro atoms. The van der Waals surface area contributed by atoms with E-state index in [1.54, 1.807) is 12.1 Å². The molecule has 2 aromatic heterocycles. The molecule has 2 aromatic rings. The molecular formula is C17H22N4O4S. The van der Waals surface area contributed by atoms with Crippen molar-refractivity contribution in [2.45, 2.75) is 25.8 Å². The molecule has 0 saturated carbocycles. The molecule has 2 atom stereocenters. The van der Waals surface area contributed by atoms with Crippen molar-refractivity contribution in [2.75, 3.05) is 19.3 Å². The van der Waals surface area contributed by atoms with Gasteiger partial charge in [-0.2, -0.15) is 0 Å². The molecule has 0 aliphatic carbocycles. The van der Waals surface area contributed by atoms with Crippen LogP contribution in [0.25, 0.3) is 10.9 Å². The van der Waals surface area contributed by atoms with Gasteiger partial charge in [0.25, 0.3) is 11.5 Å². The number of nitrogens with one attached hydrogen (secondary N) is 2. The van der Waals surface area contributed by atoms with Gasteiger partial charge in [-0.25, -0.2) is 17.7 Å². The summed E-state index contributed by atoms with van der Waals surface area (Å²) in [6.07, 6.45) is 5.45. The monoisotopic (exact) mass is 378 g/mol. The third-order valence-corrected chi connectivity index (χ3v) is 6.15. The topological polar surface area (TPSA) is 112 Å². The molecule has 1 fully saturated rings. The minimum atomic E-state index is -3.22. The van der Waals surface area contributed by atoms with Gasteiger partial charge in [0, 0.05) is 36.9 Å². The van der Waals surface area contributed by atoms with Gasteiger partial charge in [0.1, 0.15) is 5.52 Å². The van der Waals surface area contributed by atoms with Crippen LogP contribution in [0.4, 0.5) is 0 Å². The van der Waals surface area contributed by atoms with Gasteiger partial charge in [0.05, 0.1) is 11.8 Å². The number of hydrogen-bond acceptors (Lipinski definition) is 5. The maximum Gasteiger partial charge on any atom is 0.274 e. The number of hydrogen-bond donors (Lipinski definition) is 2. The fourth-order valence-electron chi connectivity index (χ4n) is 3.35. The number of piperidine rings is 1. The predicted molar refractivity (Wildman–Crippen MR) is 98.4 cm³/mol. The number of rotatable bonds is 4. The predicted octanol–water partition coefficient (Wildman–Crippen LogP) is 0.713. The lowest BCUT2D eigenvalue weighted by atomic mass is 9.91. The highest BCUT2D eigenvalue weighted by Crippen LogP contribution is 2.22. The Morgan fingerprint density at radius 3 is 2.92 bits per heavy atom. The van der Waals surface area contributed by atoms with Gasteiger partial charge in [-0.05, 0) is 24.5 Å². The number of amides is 1. The highest BCUT2D eigenvalue weighted by molar-refractivity contribution is 7.88. The number of nitrogens with zero attached hydrogens (tertiary/aromatic N) is 2. The number of sulfonamides is 1. The standard InChI is InChI=1S/C17H22N4O4S/c1-3-11-10-21(26(2,24)25)7-5-14(11)20-16(22)13-8-12-4-6-18-17(23)15(12)19-9-13/h4,6,8-9,11,14H,3,5,7,10H2,1-2H3,(H,18,23)(H,20,22). The molecule has 3 heterocycles. The highest BCUT2D eigenvalue weighted by Gasteiger charge is 2.33. The molecule has 140 valence electrons. The maximum absolute atomic E-state index is 12.6. The maximum atomic E-state index is 12.6. The van der Waals surface area contributed by atoms with Crippen molar-refractivity contribution in [3.63, 3.8) is 0 Å². The number of pyridine rings is 2. The van der Waals surface area contributed by atoms with Crippen LogP contribution in [-0.4, -0.2) is 54.0 Å². The van der Waals surface area contributed by atoms with Crippen LogP contribution in [0.2, 0.25) is 0 Å². The SMILES string of the molecule is CCC1CN(S(C)(=O)=O)CCC1NC(=O)c1cnc2c(=O)[nH]ccc2c1. The van der Waals surface area contributed by atoms with E-state index >= 15 is 0 Å². The van der Waals surface area contributed by atoms with Crippen LogP contribution in [0.3, 0.4) is 0 Å². The largest absolute Gasteiger partial charge is 0.349 e. The van der Waals surface area contributed by atoms with E-state index in [-0.39, 0.29) is 28.9 Å². The lowest BCUT2D eigenvalue weighted by molar-refractivity contribution is 0.0893. The lowest BCUT2D eigenvalue weighted by Crippen LogP contribution is -2.52. The van der Waals surface area contributed by atoms with Crippen LogP contribution in [0.1, 0.15) is 30.1 Å². The molecule has 8 nitrogen and oxygen atoms in total. The first-order valence-electron chi connectivity index (χ1n) is 8.53. The number of fused-ring (bicyclic) bond motifs is 1. The number of aromatic nitrogens is 2. The van der Waals surface area contributed by atoms with Crippen LogP contribution in [0, 0.1) is 5.92 Å². The average Bonchev–Trinajstić information content (AvgIpc) is 2.61. The summed E-state index contributed by atoms with van der Waals surface area (Å²) in [5.41, 5.74) is 0.370. The van der Waals surface area contributed by atoms with E-state index in [0.29, 0.717) is 30.5 Å². The zero-order chi connectivity index (χ0) is 18.9. The summed E-state index contributed by atoms with van der Waals surface area (Å²) in [6.45, 7) is 2.79. The smallest absolute Gasteiger partial charge is 0.274 e. The average molecular weight is 378 g/mol. The van der Waals surface area contributed by atoms with E-state index in [1.165, 1.54) is 23.0 Å². The van der Waals surface area contributed by atoms with Gasteiger partial charge in [-0.3, -0.25) is 9.59 Å². The van der Waals surface area contributed by atoms with Crippen LogP contribution < -0.4 is 10.9 Å². The Morgan fingerprint density at radius 2 is 2.23 bits per heavy atom. The Labute approximate surface area is 151 Å². The fraction of sp³-hybridized carbons (Fsp3) is 0.471. The first-order chi connectivity index (χ1) is 12.3. The van der Waals surface area contributed by atoms with Gasteiger partial charge in [0.2, 0.25) is 10.0 Å². The third-order valence-electron chi connectivity index (χ3n) is 4.88. The second-order valence-electron chi connectivity index (χ2n) is 6.63. The van der Waals surface area contributed by atoms with Crippen molar-refractivity contribution >= 4 is 26.8 Å². The van der Waals surface area contributed by atoms with Gasteiger partial charge in [0.15, 0.2) is 0 Å². The summed E-state index contributed by atoms with van der Waals surface area (Å²) in [5.74, 6) is -0.213. The number of aromatic amines is 1. The number of carbonyl (C=O) groups excluding carboxylic acids is 1. The quantitative estimate of drug-likeness (QED) is 0.814. The van der Waals surface area contributed by atoms with Crippen LogP contribution in [-0.2, 0) is 10.0 Å². The summed E-state index contributed by atoms with van der Waals surface area (Å²) in [4.78, 5) is 30.9. The molecule has 3 rings (SSSR count). The first kappa shape index (κ1) is 18.5. The van der Waals surface area contributed by atoms with Gasteiger partial charge in [-0.1, -0.05) is 13.3 Å². The van der Waals surface area contributed by atoms with E-state index in [9.17, 15) is 18.0 Å². The molecule has 9 heteroatoms. The Hall–Kier alpha value is -2.26. The molecule has 1 aliphatic rings. The lowest BCUT2D eigenvalue weighted by Gasteiger charge is -2.37. The van der Waals surface area contributed by atoms with E-state index in [1.807, 2.05) is 6.92 Å². The van der Waals surface area contributed by atoms with Crippen molar-refractivity contribution < 1.29 is 13.2 Å². The van der Waals surface area contributed by atoms with Crippen LogP contribution in [0.5, 0.6) is 0 Å². The summed E-state index contributed by atoms with van der Waals surface area (Å²) in [6, 6.07) is 3.24. The van der Waals surface area contributed by atoms with Crippen molar-refractivity contribution in [3.8, 4) is 0 Å². The van der Waals surface area contributed by atoms with Gasteiger partial charge < -0.3 is 10.3 Å². The molecule has 1 aliphatic heterocycles. The summed E-state index contributed by atoms with van der Waals surface area (Å²) in [7, 11) is -3.22. The van der Waals surface area contributed by atoms with Gasteiger partial charge in [-0.15, -0.1) is 0 Å². The summed E-state index contributed by atoms with van der Waals surface area (Å²) in [5, 5.41) is 3.60. The molecule has 1 amide bonds. The second-order valence-corrected chi connectivity index (χ2v) is 8.61.